The summed E-state index contributed by atoms with van der Waals surface area (Å²) in [6.07, 6.45) is -0.0955. The third-order valence-corrected chi connectivity index (χ3v) is 3.91. The molecule has 0 aliphatic carbocycles. The van der Waals surface area contributed by atoms with Crippen molar-refractivity contribution < 1.29 is 19.7 Å². The zero-order valence-corrected chi connectivity index (χ0v) is 10.9. The average Bonchev–Trinajstić information content (AvgIpc) is 2.22. The van der Waals surface area contributed by atoms with Crippen molar-refractivity contribution in [3.05, 3.63) is 20.6 Å². The van der Waals surface area contributed by atoms with Gasteiger partial charge in [-0.1, -0.05) is 0 Å². The quantitative estimate of drug-likeness (QED) is 0.641. The number of ether oxygens (including phenoxy) is 1. The molecule has 2 N–H and O–H groups in total. The lowest BCUT2D eigenvalue weighted by atomic mass is 10.1. The lowest BCUT2D eigenvalue weighted by molar-refractivity contribution is -0.139. The fourth-order valence-electron chi connectivity index (χ4n) is 1.02. The normalized spacial score (nSPS) is 10.1. The summed E-state index contributed by atoms with van der Waals surface area (Å²) in [6.45, 7) is 0. The first kappa shape index (κ1) is 12.3. The Balaban J connectivity index is 3.15. The molecule has 1 aromatic carbocycles. The van der Waals surface area contributed by atoms with Gasteiger partial charge in [0.05, 0.1) is 22.5 Å². The van der Waals surface area contributed by atoms with Crippen molar-refractivity contribution in [3.63, 3.8) is 0 Å². The highest BCUT2D eigenvalue weighted by Gasteiger charge is 2.16. The van der Waals surface area contributed by atoms with E-state index in [9.17, 15) is 15.0 Å². The van der Waals surface area contributed by atoms with E-state index < -0.39 is 5.97 Å². The Labute approximate surface area is 103 Å². The number of hydrogen-bond donors (Lipinski definition) is 2. The van der Waals surface area contributed by atoms with Crippen molar-refractivity contribution in [2.75, 3.05) is 7.11 Å². The molecule has 0 saturated carbocycles. The van der Waals surface area contributed by atoms with Gasteiger partial charge >= 0.3 is 5.97 Å². The summed E-state index contributed by atoms with van der Waals surface area (Å²) in [5.74, 6) is -0.637. The number of phenolic OH excluding ortho intramolecular Hbond substituents is 2. The van der Waals surface area contributed by atoms with Crippen LogP contribution >= 0.6 is 31.9 Å². The van der Waals surface area contributed by atoms with Crippen LogP contribution in [-0.2, 0) is 16.0 Å². The highest BCUT2D eigenvalue weighted by atomic mass is 79.9. The second kappa shape index (κ2) is 4.85. The molecule has 15 heavy (non-hydrogen) atoms. The molecule has 0 radical (unpaired) electrons. The van der Waals surface area contributed by atoms with Crippen molar-refractivity contribution in [1.29, 1.82) is 0 Å². The molecule has 1 rings (SSSR count). The Kier molecular flexibility index (Phi) is 3.98. The number of benzene rings is 1. The Morgan fingerprint density at radius 2 is 2.00 bits per heavy atom. The van der Waals surface area contributed by atoms with E-state index in [1.807, 2.05) is 0 Å². The summed E-state index contributed by atoms with van der Waals surface area (Å²) in [5.41, 5.74) is 0.300. The van der Waals surface area contributed by atoms with Crippen LogP contribution in [0.5, 0.6) is 11.5 Å². The van der Waals surface area contributed by atoms with Crippen molar-refractivity contribution in [3.8, 4) is 11.5 Å². The maximum absolute atomic E-state index is 11.0. The molecule has 6 heteroatoms. The molecule has 0 unspecified atom stereocenters. The first-order valence-electron chi connectivity index (χ1n) is 3.93. The van der Waals surface area contributed by atoms with Crippen LogP contribution in [0.25, 0.3) is 0 Å². The Hall–Kier alpha value is -0.750. The van der Waals surface area contributed by atoms with Crippen LogP contribution in [0.1, 0.15) is 5.56 Å². The lowest BCUT2D eigenvalue weighted by Gasteiger charge is -2.08. The summed E-state index contributed by atoms with van der Waals surface area (Å²) in [4.78, 5) is 11.0. The molecule has 0 fully saturated rings. The summed E-state index contributed by atoms with van der Waals surface area (Å²) in [5, 5.41) is 19.1. The summed E-state index contributed by atoms with van der Waals surface area (Å²) in [6, 6.07) is 1.31. The molecule has 0 bridgehead atoms. The van der Waals surface area contributed by atoms with Crippen molar-refractivity contribution in [2.24, 2.45) is 0 Å². The van der Waals surface area contributed by atoms with Gasteiger partial charge in [0.2, 0.25) is 0 Å². The van der Waals surface area contributed by atoms with E-state index in [4.69, 9.17) is 0 Å². The number of carbonyl (C=O) groups excluding carboxylic acids is 1. The Morgan fingerprint density at radius 1 is 1.40 bits per heavy atom. The van der Waals surface area contributed by atoms with Crippen LogP contribution in [0.3, 0.4) is 0 Å². The number of methoxy groups -OCH3 is 1. The van der Waals surface area contributed by atoms with Crippen LogP contribution in [0, 0.1) is 0 Å². The van der Waals surface area contributed by atoms with Crippen molar-refractivity contribution in [2.45, 2.75) is 6.42 Å². The lowest BCUT2D eigenvalue weighted by Crippen LogP contribution is -2.04. The Morgan fingerprint density at radius 3 is 2.53 bits per heavy atom. The fourth-order valence-corrected chi connectivity index (χ4v) is 1.78. The molecular formula is C9H8Br2O4. The van der Waals surface area contributed by atoms with Gasteiger partial charge in [-0.3, -0.25) is 4.79 Å². The van der Waals surface area contributed by atoms with Gasteiger partial charge in [0.25, 0.3) is 0 Å². The maximum atomic E-state index is 11.0. The Bertz CT molecular complexity index is 404. The van der Waals surface area contributed by atoms with Crippen LogP contribution < -0.4 is 0 Å². The highest BCUT2D eigenvalue weighted by Crippen LogP contribution is 2.40. The number of aromatic hydroxyl groups is 2. The van der Waals surface area contributed by atoms with E-state index in [-0.39, 0.29) is 17.9 Å². The fraction of sp³-hybridized carbons (Fsp3) is 0.222. The second-order valence-corrected chi connectivity index (χ2v) is 4.37. The van der Waals surface area contributed by atoms with Gasteiger partial charge in [-0.25, -0.2) is 0 Å². The van der Waals surface area contributed by atoms with Gasteiger partial charge in [0.15, 0.2) is 0 Å². The monoisotopic (exact) mass is 338 g/mol. The van der Waals surface area contributed by atoms with Gasteiger partial charge in [0, 0.05) is 5.56 Å². The van der Waals surface area contributed by atoms with Crippen LogP contribution in [0.15, 0.2) is 15.0 Å². The van der Waals surface area contributed by atoms with Gasteiger partial charge in [0.1, 0.15) is 11.5 Å². The zero-order chi connectivity index (χ0) is 11.6. The van der Waals surface area contributed by atoms with E-state index in [2.05, 4.69) is 36.6 Å². The summed E-state index contributed by atoms with van der Waals surface area (Å²) < 4.78 is 5.11. The maximum Gasteiger partial charge on any atom is 0.310 e. The number of hydrogen-bond acceptors (Lipinski definition) is 4. The smallest absolute Gasteiger partial charge is 0.310 e. The SMILES string of the molecule is COC(=O)Cc1cc(O)c(Br)c(Br)c1O. The van der Waals surface area contributed by atoms with E-state index >= 15 is 0 Å². The van der Waals surface area contributed by atoms with Gasteiger partial charge in [-0.05, 0) is 37.9 Å². The number of halogens is 2. The molecule has 0 saturated heterocycles. The molecule has 82 valence electrons. The molecule has 0 aromatic heterocycles. The highest BCUT2D eigenvalue weighted by molar-refractivity contribution is 9.13. The second-order valence-electron chi connectivity index (χ2n) is 2.78. The largest absolute Gasteiger partial charge is 0.507 e. The minimum Gasteiger partial charge on any atom is -0.507 e. The number of esters is 1. The van der Waals surface area contributed by atoms with E-state index in [1.165, 1.54) is 13.2 Å². The van der Waals surface area contributed by atoms with E-state index in [1.54, 1.807) is 0 Å². The van der Waals surface area contributed by atoms with Crippen LogP contribution in [0.4, 0.5) is 0 Å². The molecule has 0 spiro atoms. The predicted octanol–water partition coefficient (Wildman–Crippen LogP) is 2.34. The number of rotatable bonds is 2. The van der Waals surface area contributed by atoms with Crippen LogP contribution in [-0.4, -0.2) is 23.3 Å². The molecule has 0 amide bonds. The molecule has 0 heterocycles. The minimum absolute atomic E-state index is 0.0569. The van der Waals surface area contributed by atoms with E-state index in [0.717, 1.165) is 0 Å². The number of carbonyl (C=O) groups is 1. The van der Waals surface area contributed by atoms with Crippen molar-refractivity contribution in [1.82, 2.24) is 0 Å². The molecule has 1 aromatic rings. The zero-order valence-electron chi connectivity index (χ0n) is 7.75. The van der Waals surface area contributed by atoms with Gasteiger partial charge in [-0.15, -0.1) is 0 Å². The minimum atomic E-state index is -0.487. The van der Waals surface area contributed by atoms with Crippen LogP contribution in [0.2, 0.25) is 0 Å². The average molecular weight is 340 g/mol. The first-order chi connectivity index (χ1) is 6.97. The summed E-state index contributed by atoms with van der Waals surface area (Å²) in [7, 11) is 1.26. The van der Waals surface area contributed by atoms with Gasteiger partial charge in [-0.2, -0.15) is 0 Å². The third-order valence-electron chi connectivity index (χ3n) is 1.80. The molecule has 0 atom stereocenters. The third kappa shape index (κ3) is 2.63. The molecule has 0 aliphatic heterocycles. The topological polar surface area (TPSA) is 66.8 Å². The molecular weight excluding hydrogens is 332 g/mol. The van der Waals surface area contributed by atoms with E-state index in [0.29, 0.717) is 14.5 Å². The standard InChI is InChI=1S/C9H8Br2O4/c1-15-6(13)3-4-2-5(12)7(10)8(11)9(4)14/h2,12,14H,3H2,1H3. The molecule has 0 aliphatic rings. The first-order valence-corrected chi connectivity index (χ1v) is 5.51. The van der Waals surface area contributed by atoms with Crippen molar-refractivity contribution >= 4 is 37.8 Å². The summed E-state index contributed by atoms with van der Waals surface area (Å²) >= 11 is 6.16. The van der Waals surface area contributed by atoms with Gasteiger partial charge < -0.3 is 14.9 Å². The predicted molar refractivity (Wildman–Crippen MR) is 60.9 cm³/mol. The number of phenols is 2. The molecule has 4 nitrogen and oxygen atoms in total.